The van der Waals surface area contributed by atoms with Gasteiger partial charge in [-0.05, 0) is 48.5 Å². The predicted octanol–water partition coefficient (Wildman–Crippen LogP) is 3.84. The van der Waals surface area contributed by atoms with Crippen molar-refractivity contribution in [1.82, 2.24) is 0 Å². The summed E-state index contributed by atoms with van der Waals surface area (Å²) in [6.45, 7) is -0.186. The summed E-state index contributed by atoms with van der Waals surface area (Å²) in [4.78, 5) is 12.2. The fourth-order valence-electron chi connectivity index (χ4n) is 2.38. The Hall–Kier alpha value is -3.12. The van der Waals surface area contributed by atoms with Crippen LogP contribution in [0.3, 0.4) is 0 Å². The molecule has 1 amide bonds. The zero-order valence-electron chi connectivity index (χ0n) is 13.5. The highest BCUT2D eigenvalue weighted by molar-refractivity contribution is 6.04. The molecule has 5 nitrogen and oxygen atoms in total. The molecule has 0 atom stereocenters. The van der Waals surface area contributed by atoms with Crippen LogP contribution in [0.4, 0.5) is 10.1 Å². The van der Waals surface area contributed by atoms with Gasteiger partial charge in [-0.3, -0.25) is 4.79 Å². The third-order valence-corrected chi connectivity index (χ3v) is 3.65. The number of anilines is 1. The first-order chi connectivity index (χ1) is 12.1. The van der Waals surface area contributed by atoms with Crippen molar-refractivity contribution in [2.24, 2.45) is 0 Å². The van der Waals surface area contributed by atoms with Crippen molar-refractivity contribution in [3.05, 3.63) is 71.7 Å². The van der Waals surface area contributed by atoms with E-state index in [1.165, 1.54) is 31.4 Å². The molecule has 0 saturated heterocycles. The third kappa shape index (κ3) is 3.70. The average molecular weight is 341 g/mol. The second-order valence-corrected chi connectivity index (χ2v) is 5.30. The lowest BCUT2D eigenvalue weighted by Crippen LogP contribution is -2.11. The number of carbonyl (C=O) groups excluding carboxylic acids is 1. The van der Waals surface area contributed by atoms with E-state index in [1.54, 1.807) is 30.3 Å². The summed E-state index contributed by atoms with van der Waals surface area (Å²) in [6, 6.07) is 13.8. The Labute approximate surface area is 143 Å². The third-order valence-electron chi connectivity index (χ3n) is 3.65. The van der Waals surface area contributed by atoms with Crippen LogP contribution in [0.15, 0.2) is 59.0 Å². The first-order valence-corrected chi connectivity index (χ1v) is 7.55. The van der Waals surface area contributed by atoms with Crippen molar-refractivity contribution in [3.63, 3.8) is 0 Å². The summed E-state index contributed by atoms with van der Waals surface area (Å²) >= 11 is 0. The van der Waals surface area contributed by atoms with Gasteiger partial charge in [-0.1, -0.05) is 0 Å². The Balaban J connectivity index is 1.83. The maximum absolute atomic E-state index is 12.9. The number of hydrogen-bond acceptors (Lipinski definition) is 4. The number of benzene rings is 2. The van der Waals surface area contributed by atoms with E-state index in [0.717, 1.165) is 0 Å². The molecular weight excluding hydrogens is 325 g/mol. The van der Waals surface area contributed by atoms with E-state index >= 15 is 0 Å². The number of furan rings is 1. The van der Waals surface area contributed by atoms with Gasteiger partial charge in [0.05, 0.1) is 12.7 Å². The highest BCUT2D eigenvalue weighted by Gasteiger charge is 2.13. The van der Waals surface area contributed by atoms with Gasteiger partial charge in [-0.2, -0.15) is 0 Å². The highest BCUT2D eigenvalue weighted by atomic mass is 19.1. The normalized spacial score (nSPS) is 10.5. The van der Waals surface area contributed by atoms with E-state index in [-0.39, 0.29) is 12.5 Å². The second-order valence-electron chi connectivity index (χ2n) is 5.30. The highest BCUT2D eigenvalue weighted by Crippen LogP contribution is 2.33. The van der Waals surface area contributed by atoms with Gasteiger partial charge in [0.15, 0.2) is 0 Å². The Morgan fingerprint density at radius 2 is 1.92 bits per heavy atom. The van der Waals surface area contributed by atoms with Gasteiger partial charge in [0.2, 0.25) is 0 Å². The van der Waals surface area contributed by atoms with Gasteiger partial charge in [0.1, 0.15) is 29.7 Å². The van der Waals surface area contributed by atoms with Crippen LogP contribution < -0.4 is 10.1 Å². The number of nitrogens with one attached hydrogen (secondary N) is 1. The quantitative estimate of drug-likeness (QED) is 0.740. The van der Waals surface area contributed by atoms with E-state index in [1.807, 2.05) is 0 Å². The van der Waals surface area contributed by atoms with Crippen LogP contribution in [0.5, 0.6) is 5.75 Å². The molecule has 0 unspecified atom stereocenters. The molecule has 0 bridgehead atoms. The van der Waals surface area contributed by atoms with Crippen LogP contribution in [0, 0.1) is 5.82 Å². The number of aliphatic hydroxyl groups is 1. The molecular formula is C19H16FNO4. The van der Waals surface area contributed by atoms with Gasteiger partial charge in [-0.25, -0.2) is 4.39 Å². The number of ether oxygens (including phenoxy) is 1. The van der Waals surface area contributed by atoms with E-state index < -0.39 is 5.82 Å². The van der Waals surface area contributed by atoms with Crippen molar-refractivity contribution in [2.75, 3.05) is 12.4 Å². The van der Waals surface area contributed by atoms with Crippen molar-refractivity contribution in [3.8, 4) is 17.1 Å². The van der Waals surface area contributed by atoms with Gasteiger partial charge in [-0.15, -0.1) is 0 Å². The molecule has 0 saturated carbocycles. The van der Waals surface area contributed by atoms with Crippen LogP contribution in [-0.2, 0) is 6.61 Å². The number of aliphatic hydroxyl groups excluding tert-OH is 1. The van der Waals surface area contributed by atoms with Crippen molar-refractivity contribution >= 4 is 11.6 Å². The molecule has 1 heterocycles. The maximum Gasteiger partial charge on any atom is 0.255 e. The molecule has 3 rings (SSSR count). The fraction of sp³-hybridized carbons (Fsp3) is 0.105. The van der Waals surface area contributed by atoms with Gasteiger partial charge in [0.25, 0.3) is 5.91 Å². The summed E-state index contributed by atoms with van der Waals surface area (Å²) in [6.07, 6.45) is 0. The smallest absolute Gasteiger partial charge is 0.255 e. The van der Waals surface area contributed by atoms with Gasteiger partial charge < -0.3 is 19.6 Å². The topological polar surface area (TPSA) is 71.7 Å². The average Bonchev–Trinajstić information content (AvgIpc) is 3.11. The number of methoxy groups -OCH3 is 1. The molecule has 2 aromatic carbocycles. The summed E-state index contributed by atoms with van der Waals surface area (Å²) in [5, 5.41) is 11.8. The SMILES string of the molecule is COc1cc(NC(=O)c2ccc(F)cc2)ccc1-c1ccc(CO)o1. The van der Waals surface area contributed by atoms with Crippen LogP contribution in [0.1, 0.15) is 16.1 Å². The minimum Gasteiger partial charge on any atom is -0.496 e. The lowest BCUT2D eigenvalue weighted by molar-refractivity contribution is 0.102. The number of halogens is 1. The fourth-order valence-corrected chi connectivity index (χ4v) is 2.38. The molecule has 0 aliphatic rings. The van der Waals surface area contributed by atoms with Crippen LogP contribution in [-0.4, -0.2) is 18.1 Å². The van der Waals surface area contributed by atoms with Crippen LogP contribution in [0.2, 0.25) is 0 Å². The summed E-state index contributed by atoms with van der Waals surface area (Å²) < 4.78 is 23.8. The Morgan fingerprint density at radius 1 is 1.16 bits per heavy atom. The molecule has 0 spiro atoms. The van der Waals surface area contributed by atoms with Crippen molar-refractivity contribution in [1.29, 1.82) is 0 Å². The lowest BCUT2D eigenvalue weighted by Gasteiger charge is -2.10. The first kappa shape index (κ1) is 16.7. The summed E-state index contributed by atoms with van der Waals surface area (Å²) in [5.41, 5.74) is 1.58. The van der Waals surface area contributed by atoms with E-state index in [2.05, 4.69) is 5.32 Å². The Kier molecular flexibility index (Phi) is 4.81. The minimum absolute atomic E-state index is 0.186. The molecule has 128 valence electrons. The van der Waals surface area contributed by atoms with Crippen LogP contribution >= 0.6 is 0 Å². The molecule has 0 aliphatic heterocycles. The summed E-state index contributed by atoms with van der Waals surface area (Å²) in [7, 11) is 1.51. The molecule has 2 N–H and O–H groups in total. The van der Waals surface area contributed by atoms with Crippen LogP contribution in [0.25, 0.3) is 11.3 Å². The predicted molar refractivity (Wildman–Crippen MR) is 91.0 cm³/mol. The van der Waals surface area contributed by atoms with E-state index in [0.29, 0.717) is 34.1 Å². The van der Waals surface area contributed by atoms with Gasteiger partial charge >= 0.3 is 0 Å². The molecule has 25 heavy (non-hydrogen) atoms. The van der Waals surface area contributed by atoms with E-state index in [4.69, 9.17) is 14.3 Å². The minimum atomic E-state index is -0.400. The monoisotopic (exact) mass is 341 g/mol. The maximum atomic E-state index is 12.9. The largest absolute Gasteiger partial charge is 0.496 e. The molecule has 6 heteroatoms. The molecule has 3 aromatic rings. The van der Waals surface area contributed by atoms with E-state index in [9.17, 15) is 9.18 Å². The number of hydrogen-bond donors (Lipinski definition) is 2. The zero-order valence-corrected chi connectivity index (χ0v) is 13.5. The van der Waals surface area contributed by atoms with Crippen molar-refractivity contribution in [2.45, 2.75) is 6.61 Å². The van der Waals surface area contributed by atoms with Crippen molar-refractivity contribution < 1.29 is 23.4 Å². The molecule has 0 radical (unpaired) electrons. The summed E-state index contributed by atoms with van der Waals surface area (Å²) in [5.74, 6) is 0.762. The van der Waals surface area contributed by atoms with Gasteiger partial charge in [0, 0.05) is 17.3 Å². The standard InChI is InChI=1S/C19H16FNO4/c1-24-18-10-14(21-19(23)12-2-4-13(20)5-3-12)6-8-16(18)17-9-7-15(11-22)25-17/h2-10,22H,11H2,1H3,(H,21,23). The second kappa shape index (κ2) is 7.19. The molecule has 1 aromatic heterocycles. The zero-order chi connectivity index (χ0) is 17.8. The Bertz CT molecular complexity index is 887. The first-order valence-electron chi connectivity index (χ1n) is 7.55. The number of rotatable bonds is 5. The number of carbonyl (C=O) groups is 1. The molecule has 0 fully saturated rings. The number of amides is 1. The lowest BCUT2D eigenvalue weighted by atomic mass is 10.1. The molecule has 0 aliphatic carbocycles. The Morgan fingerprint density at radius 3 is 2.56 bits per heavy atom.